The van der Waals surface area contributed by atoms with Crippen molar-refractivity contribution in [3.8, 4) is 40.4 Å². The van der Waals surface area contributed by atoms with Crippen LogP contribution in [0.4, 0.5) is 5.00 Å². The second-order valence-electron chi connectivity index (χ2n) is 9.07. The molecule has 4 N–H and O–H groups in total. The minimum atomic E-state index is -1.10. The van der Waals surface area contributed by atoms with E-state index in [2.05, 4.69) is 25.1 Å². The molecule has 11 heteroatoms. The Morgan fingerprint density at radius 2 is 1.00 bits per heavy atom. The molecule has 5 nitrogen and oxygen atoms in total. The summed E-state index contributed by atoms with van der Waals surface area (Å²) in [6.45, 7) is 2.09. The Balaban J connectivity index is 1.30. The SMILES string of the molecule is Cc1cc2sc(-c3ccc(-c4cc(C(=O)O)c(-c5ccc(-c6cc7sc(N)cc7s6)s5)cc4C(=O)O)s3)cc2s1. The predicted molar refractivity (Wildman–Crippen MR) is 174 cm³/mol. The predicted octanol–water partition coefficient (Wildman–Crippen LogP) is 10.3. The van der Waals surface area contributed by atoms with E-state index in [1.807, 2.05) is 30.3 Å². The van der Waals surface area contributed by atoms with E-state index in [0.717, 1.165) is 38.8 Å². The molecule has 0 aliphatic heterocycles. The van der Waals surface area contributed by atoms with Gasteiger partial charge < -0.3 is 15.9 Å². The van der Waals surface area contributed by atoms with Crippen LogP contribution in [0.25, 0.3) is 59.2 Å². The lowest BCUT2D eigenvalue weighted by Crippen LogP contribution is -2.05. The molecule has 7 aromatic rings. The van der Waals surface area contributed by atoms with E-state index in [9.17, 15) is 19.8 Å². The largest absolute Gasteiger partial charge is 0.478 e. The van der Waals surface area contributed by atoms with Crippen LogP contribution in [0.2, 0.25) is 0 Å². The van der Waals surface area contributed by atoms with E-state index in [-0.39, 0.29) is 11.1 Å². The minimum Gasteiger partial charge on any atom is -0.478 e. The third-order valence-corrected chi connectivity index (χ3v) is 13.4. The summed E-state index contributed by atoms with van der Waals surface area (Å²) in [7, 11) is 0. The third-order valence-electron chi connectivity index (χ3n) is 6.40. The maximum absolute atomic E-state index is 12.4. The fourth-order valence-electron chi connectivity index (χ4n) is 4.64. The van der Waals surface area contributed by atoms with E-state index in [4.69, 9.17) is 5.73 Å². The molecule has 0 atom stereocenters. The van der Waals surface area contributed by atoms with Crippen molar-refractivity contribution < 1.29 is 19.8 Å². The number of hydrogen-bond donors (Lipinski definition) is 3. The topological polar surface area (TPSA) is 101 Å². The van der Waals surface area contributed by atoms with E-state index >= 15 is 0 Å². The van der Waals surface area contributed by atoms with Crippen molar-refractivity contribution in [3.05, 3.63) is 76.7 Å². The van der Waals surface area contributed by atoms with Crippen molar-refractivity contribution in [2.45, 2.75) is 6.92 Å². The van der Waals surface area contributed by atoms with Crippen LogP contribution in [-0.4, -0.2) is 22.2 Å². The van der Waals surface area contributed by atoms with Crippen molar-refractivity contribution in [3.63, 3.8) is 0 Å². The molecule has 6 heterocycles. The number of carboxylic acid groups (broad SMARTS) is 2. The van der Waals surface area contributed by atoms with Crippen molar-refractivity contribution in [2.75, 3.05) is 5.73 Å². The van der Waals surface area contributed by atoms with Gasteiger partial charge in [0.1, 0.15) is 0 Å². The van der Waals surface area contributed by atoms with Crippen molar-refractivity contribution in [2.24, 2.45) is 0 Å². The molecular formula is C29H17NO4S6. The van der Waals surface area contributed by atoms with Crippen LogP contribution in [0.3, 0.4) is 0 Å². The number of aryl methyl sites for hydroxylation is 1. The molecule has 0 saturated heterocycles. The number of nitrogen functional groups attached to an aromatic ring is 1. The normalized spacial score (nSPS) is 11.6. The molecule has 6 aromatic heterocycles. The van der Waals surface area contributed by atoms with Gasteiger partial charge in [0, 0.05) is 64.1 Å². The Labute approximate surface area is 251 Å². The summed E-state index contributed by atoms with van der Waals surface area (Å²) in [4.78, 5) is 31.8. The molecule has 198 valence electrons. The molecule has 0 saturated carbocycles. The number of anilines is 1. The van der Waals surface area contributed by atoms with Gasteiger partial charge in [-0.15, -0.1) is 68.0 Å². The van der Waals surface area contributed by atoms with Crippen LogP contribution in [0, 0.1) is 6.92 Å². The number of aromatic carboxylic acids is 2. The molecule has 0 aliphatic carbocycles. The van der Waals surface area contributed by atoms with Gasteiger partial charge >= 0.3 is 11.9 Å². The molecule has 0 fully saturated rings. The summed E-state index contributed by atoms with van der Waals surface area (Å²) in [5, 5.41) is 21.1. The lowest BCUT2D eigenvalue weighted by molar-refractivity contribution is 0.0682. The number of benzene rings is 1. The highest BCUT2D eigenvalue weighted by Crippen LogP contribution is 2.46. The summed E-state index contributed by atoms with van der Waals surface area (Å²) in [6, 6.07) is 19.1. The number of thiophene rings is 6. The van der Waals surface area contributed by atoms with E-state index in [1.54, 1.807) is 34.0 Å². The molecule has 0 aliphatic rings. The highest BCUT2D eigenvalue weighted by molar-refractivity contribution is 7.33. The van der Waals surface area contributed by atoms with Gasteiger partial charge in [-0.1, -0.05) is 0 Å². The summed E-state index contributed by atoms with van der Waals surface area (Å²) >= 11 is 9.56. The Bertz CT molecular complexity index is 1900. The van der Waals surface area contributed by atoms with Gasteiger partial charge in [0.2, 0.25) is 0 Å². The summed E-state index contributed by atoms with van der Waals surface area (Å²) in [6.07, 6.45) is 0. The highest BCUT2D eigenvalue weighted by Gasteiger charge is 2.23. The van der Waals surface area contributed by atoms with Crippen LogP contribution in [0.1, 0.15) is 25.6 Å². The molecule has 7 rings (SSSR count). The molecule has 0 bridgehead atoms. The number of carboxylic acids is 2. The monoisotopic (exact) mass is 635 g/mol. The first kappa shape index (κ1) is 25.6. The van der Waals surface area contributed by atoms with Crippen LogP contribution in [0.5, 0.6) is 0 Å². The molecular weight excluding hydrogens is 619 g/mol. The zero-order valence-electron chi connectivity index (χ0n) is 20.5. The first-order valence-electron chi connectivity index (χ1n) is 11.9. The lowest BCUT2D eigenvalue weighted by Gasteiger charge is -2.11. The van der Waals surface area contributed by atoms with Crippen LogP contribution in [-0.2, 0) is 0 Å². The van der Waals surface area contributed by atoms with E-state index in [0.29, 0.717) is 16.0 Å². The molecule has 40 heavy (non-hydrogen) atoms. The van der Waals surface area contributed by atoms with Gasteiger partial charge in [-0.05, 0) is 67.6 Å². The average molecular weight is 636 g/mol. The van der Waals surface area contributed by atoms with Gasteiger partial charge in [-0.25, -0.2) is 9.59 Å². The lowest BCUT2D eigenvalue weighted by atomic mass is 9.96. The van der Waals surface area contributed by atoms with Crippen LogP contribution >= 0.6 is 68.0 Å². The maximum Gasteiger partial charge on any atom is 0.336 e. The number of nitrogens with two attached hydrogens (primary N) is 1. The first-order valence-corrected chi connectivity index (χ1v) is 16.8. The fraction of sp³-hybridized carbons (Fsp3) is 0.0345. The number of fused-ring (bicyclic) bond motifs is 2. The highest BCUT2D eigenvalue weighted by atomic mass is 32.1. The van der Waals surface area contributed by atoms with Gasteiger partial charge in [0.15, 0.2) is 0 Å². The van der Waals surface area contributed by atoms with Crippen LogP contribution in [0.15, 0.2) is 60.7 Å². The zero-order valence-corrected chi connectivity index (χ0v) is 25.4. The third kappa shape index (κ3) is 4.39. The number of rotatable bonds is 6. The van der Waals surface area contributed by atoms with Gasteiger partial charge in [0.05, 0.1) is 16.1 Å². The van der Waals surface area contributed by atoms with Gasteiger partial charge in [-0.3, -0.25) is 0 Å². The molecule has 0 radical (unpaired) electrons. The minimum absolute atomic E-state index is 0.0791. The summed E-state index contributed by atoms with van der Waals surface area (Å²) < 4.78 is 4.70. The standard InChI is InChI=1S/C29H17NO4S6/c1-12-6-21-24(35-12)9-22(38-21)19-4-2-17(36-19)13-7-16(29(33)34)14(8-15(13)28(31)32)18-3-5-20(37-18)23-10-25-26(39-23)11-27(30)40-25/h2-11H,30H2,1H3,(H,31,32)(H,33,34). The average Bonchev–Trinajstić information content (AvgIpc) is 3.71. The quantitative estimate of drug-likeness (QED) is 0.169. The maximum atomic E-state index is 12.4. The van der Waals surface area contributed by atoms with Gasteiger partial charge in [0.25, 0.3) is 0 Å². The second-order valence-corrected chi connectivity index (χ2v) is 15.8. The van der Waals surface area contributed by atoms with E-state index in [1.165, 1.54) is 60.4 Å². The summed E-state index contributed by atoms with van der Waals surface area (Å²) in [5.74, 6) is -2.19. The van der Waals surface area contributed by atoms with Crippen molar-refractivity contribution in [1.82, 2.24) is 0 Å². The first-order chi connectivity index (χ1) is 19.2. The molecule has 0 unspecified atom stereocenters. The van der Waals surface area contributed by atoms with Crippen molar-refractivity contribution in [1.29, 1.82) is 0 Å². The van der Waals surface area contributed by atoms with Crippen LogP contribution < -0.4 is 5.73 Å². The molecule has 0 amide bonds. The number of carbonyl (C=O) groups is 2. The zero-order chi connectivity index (χ0) is 27.7. The Morgan fingerprint density at radius 3 is 1.48 bits per heavy atom. The fourth-order valence-corrected chi connectivity index (χ4v) is 11.4. The Kier molecular flexibility index (Phi) is 6.19. The molecule has 0 spiro atoms. The number of hydrogen-bond acceptors (Lipinski definition) is 9. The van der Waals surface area contributed by atoms with Crippen molar-refractivity contribution >= 4 is 104 Å². The second kappa shape index (κ2) is 9.65. The molecule has 1 aromatic carbocycles. The smallest absolute Gasteiger partial charge is 0.336 e. The Morgan fingerprint density at radius 1 is 0.550 bits per heavy atom. The van der Waals surface area contributed by atoms with Gasteiger partial charge in [-0.2, -0.15) is 0 Å². The Hall–Kier alpha value is -3.32. The summed E-state index contributed by atoms with van der Waals surface area (Å²) in [5.41, 5.74) is 6.89. The van der Waals surface area contributed by atoms with E-state index < -0.39 is 11.9 Å².